The molecular formula is C14H24O4. The minimum Gasteiger partial charge on any atom is -0.379 e. The molecule has 2 rings (SSSR count). The van der Waals surface area contributed by atoms with Gasteiger partial charge in [-0.05, 0) is 25.7 Å². The molecule has 2 radical (unpaired) electrons. The number of hydrogen-bond donors (Lipinski definition) is 0. The van der Waals surface area contributed by atoms with Crippen molar-refractivity contribution < 1.29 is 19.3 Å². The van der Waals surface area contributed by atoms with Crippen molar-refractivity contribution in [1.29, 1.82) is 0 Å². The van der Waals surface area contributed by atoms with Crippen molar-refractivity contribution >= 4 is 0 Å². The molecule has 0 aromatic rings. The van der Waals surface area contributed by atoms with Crippen LogP contribution >= 0.6 is 0 Å². The van der Waals surface area contributed by atoms with Crippen molar-refractivity contribution in [2.24, 2.45) is 0 Å². The van der Waals surface area contributed by atoms with Gasteiger partial charge in [0.2, 0.25) is 0 Å². The van der Waals surface area contributed by atoms with Gasteiger partial charge < -0.3 is 14.2 Å². The van der Waals surface area contributed by atoms with Crippen LogP contribution in [0.25, 0.3) is 0 Å². The quantitative estimate of drug-likeness (QED) is 0.760. The lowest BCUT2D eigenvalue weighted by Gasteiger charge is -2.28. The lowest BCUT2D eigenvalue weighted by atomic mass is 9.97. The number of rotatable bonds is 2. The van der Waals surface area contributed by atoms with Gasteiger partial charge in [0.1, 0.15) is 6.10 Å². The molecule has 2 fully saturated rings. The monoisotopic (exact) mass is 256 g/mol. The molecule has 18 heavy (non-hydrogen) atoms. The van der Waals surface area contributed by atoms with Crippen molar-refractivity contribution in [3.63, 3.8) is 0 Å². The Labute approximate surface area is 110 Å². The van der Waals surface area contributed by atoms with E-state index in [0.29, 0.717) is 32.8 Å². The maximum atomic E-state index is 11.3. The second kappa shape index (κ2) is 8.10. The average Bonchev–Trinajstić information content (AvgIpc) is 2.40. The van der Waals surface area contributed by atoms with Crippen LogP contribution in [0.3, 0.4) is 0 Å². The fraction of sp³-hybridized carbons (Fsp3) is 0.929. The van der Waals surface area contributed by atoms with Gasteiger partial charge in [0.15, 0.2) is 0 Å². The van der Waals surface area contributed by atoms with E-state index in [1.807, 2.05) is 0 Å². The van der Waals surface area contributed by atoms with Gasteiger partial charge in [-0.15, -0.1) is 0 Å². The van der Waals surface area contributed by atoms with E-state index < -0.39 is 6.10 Å². The molecule has 0 N–H and O–H groups in total. The van der Waals surface area contributed by atoms with E-state index in [0.717, 1.165) is 19.3 Å². The third-order valence-corrected chi connectivity index (χ3v) is 3.52. The molecule has 2 aliphatic rings. The Kier molecular flexibility index (Phi) is 6.41. The summed E-state index contributed by atoms with van der Waals surface area (Å²) in [4.78, 5) is 0. The summed E-state index contributed by atoms with van der Waals surface area (Å²) in [7, 11) is 0. The topological polar surface area (TPSA) is 47.6 Å². The summed E-state index contributed by atoms with van der Waals surface area (Å²) in [5.41, 5.74) is 0. The summed E-state index contributed by atoms with van der Waals surface area (Å²) in [5, 5.41) is 11.3. The molecule has 3 unspecified atom stereocenters. The van der Waals surface area contributed by atoms with E-state index in [1.165, 1.54) is 12.8 Å². The van der Waals surface area contributed by atoms with Crippen LogP contribution in [0.15, 0.2) is 0 Å². The highest BCUT2D eigenvalue weighted by atomic mass is 16.5. The van der Waals surface area contributed by atoms with Gasteiger partial charge in [-0.3, -0.25) is 0 Å². The van der Waals surface area contributed by atoms with Crippen LogP contribution in [-0.2, 0) is 19.3 Å². The molecule has 0 bridgehead atoms. The first-order valence-corrected chi connectivity index (χ1v) is 7.14. The first-order valence-electron chi connectivity index (χ1n) is 7.14. The Morgan fingerprint density at radius 1 is 1.00 bits per heavy atom. The highest BCUT2D eigenvalue weighted by molar-refractivity contribution is 4.83. The lowest BCUT2D eigenvalue weighted by Crippen LogP contribution is -2.31. The maximum absolute atomic E-state index is 11.3. The molecule has 0 amide bonds. The fourth-order valence-electron chi connectivity index (χ4n) is 2.42. The van der Waals surface area contributed by atoms with E-state index >= 15 is 0 Å². The van der Waals surface area contributed by atoms with E-state index in [1.54, 1.807) is 0 Å². The smallest absolute Gasteiger partial charge is 0.118 e. The van der Waals surface area contributed by atoms with Crippen LogP contribution in [0.1, 0.15) is 38.5 Å². The standard InChI is InChI=1S/C14H24O4/c15-12-6-8-17-11-14(7-9-16-10-12)18-13-4-2-1-3-5-13/h4,12-14H,1-3,5-11H2. The number of ether oxygens (including phenoxy) is 3. The molecule has 104 valence electrons. The van der Waals surface area contributed by atoms with Gasteiger partial charge in [-0.1, -0.05) is 12.8 Å². The van der Waals surface area contributed by atoms with Crippen LogP contribution < -0.4 is 0 Å². The summed E-state index contributed by atoms with van der Waals surface area (Å²) < 4.78 is 17.0. The van der Waals surface area contributed by atoms with Crippen LogP contribution in [0, 0.1) is 6.42 Å². The van der Waals surface area contributed by atoms with Crippen LogP contribution in [0.5, 0.6) is 0 Å². The summed E-state index contributed by atoms with van der Waals surface area (Å²) in [6.45, 7) is 2.00. The Morgan fingerprint density at radius 3 is 2.67 bits per heavy atom. The second-order valence-electron chi connectivity index (χ2n) is 5.17. The molecule has 0 spiro atoms. The minimum absolute atomic E-state index is 0.104. The van der Waals surface area contributed by atoms with Crippen molar-refractivity contribution in [1.82, 2.24) is 0 Å². The molecule has 0 aromatic carbocycles. The van der Waals surface area contributed by atoms with Crippen LogP contribution in [0.4, 0.5) is 0 Å². The summed E-state index contributed by atoms with van der Waals surface area (Å²) >= 11 is 0. The second-order valence-corrected chi connectivity index (χ2v) is 5.17. The van der Waals surface area contributed by atoms with Gasteiger partial charge in [0, 0.05) is 19.6 Å². The summed E-state index contributed by atoms with van der Waals surface area (Å²) in [6, 6.07) is 0. The largest absolute Gasteiger partial charge is 0.379 e. The van der Waals surface area contributed by atoms with E-state index in [-0.39, 0.29) is 12.2 Å². The Morgan fingerprint density at radius 2 is 1.83 bits per heavy atom. The molecule has 1 heterocycles. The Bertz CT molecular complexity index is 204. The molecule has 1 aliphatic heterocycles. The normalized spacial score (nSPS) is 33.2. The lowest BCUT2D eigenvalue weighted by molar-refractivity contribution is -0.0907. The fourth-order valence-corrected chi connectivity index (χ4v) is 2.42. The van der Waals surface area contributed by atoms with Gasteiger partial charge in [-0.2, -0.15) is 0 Å². The third-order valence-electron chi connectivity index (χ3n) is 3.52. The highest BCUT2D eigenvalue weighted by Crippen LogP contribution is 2.21. The molecule has 4 heteroatoms. The first-order chi connectivity index (χ1) is 8.84. The third kappa shape index (κ3) is 5.22. The highest BCUT2D eigenvalue weighted by Gasteiger charge is 2.20. The van der Waals surface area contributed by atoms with E-state index in [9.17, 15) is 5.11 Å². The van der Waals surface area contributed by atoms with Crippen LogP contribution in [-0.4, -0.2) is 44.7 Å². The maximum Gasteiger partial charge on any atom is 0.118 e. The van der Waals surface area contributed by atoms with Crippen molar-refractivity contribution in [3.05, 3.63) is 6.42 Å². The number of hydrogen-bond acceptors (Lipinski definition) is 3. The Hall–Kier alpha value is -0.160. The van der Waals surface area contributed by atoms with Crippen molar-refractivity contribution in [3.8, 4) is 0 Å². The van der Waals surface area contributed by atoms with Gasteiger partial charge in [-0.25, -0.2) is 5.11 Å². The molecule has 0 aromatic heterocycles. The molecule has 1 saturated heterocycles. The zero-order valence-corrected chi connectivity index (χ0v) is 11.0. The minimum atomic E-state index is -0.644. The average molecular weight is 256 g/mol. The SMILES string of the molecule is [O]C1CCOCC(OC2[CH]CCCC2)CCOC1. The van der Waals surface area contributed by atoms with Crippen molar-refractivity contribution in [2.75, 3.05) is 26.4 Å². The van der Waals surface area contributed by atoms with Crippen LogP contribution in [0.2, 0.25) is 0 Å². The van der Waals surface area contributed by atoms with E-state index in [2.05, 4.69) is 6.42 Å². The zero-order chi connectivity index (χ0) is 12.6. The summed E-state index contributed by atoms with van der Waals surface area (Å²) in [5.74, 6) is 0. The summed E-state index contributed by atoms with van der Waals surface area (Å²) in [6.07, 6.45) is 8.19. The molecule has 1 saturated carbocycles. The van der Waals surface area contributed by atoms with Crippen molar-refractivity contribution in [2.45, 2.75) is 56.8 Å². The van der Waals surface area contributed by atoms with E-state index in [4.69, 9.17) is 14.2 Å². The molecule has 4 nitrogen and oxygen atoms in total. The first kappa shape index (κ1) is 14.3. The molecule has 3 atom stereocenters. The Balaban J connectivity index is 1.72. The van der Waals surface area contributed by atoms with Gasteiger partial charge in [0.25, 0.3) is 0 Å². The predicted octanol–water partition coefficient (Wildman–Crippen LogP) is 2.14. The zero-order valence-electron chi connectivity index (χ0n) is 11.0. The van der Waals surface area contributed by atoms with Gasteiger partial charge >= 0.3 is 0 Å². The predicted molar refractivity (Wildman–Crippen MR) is 66.8 cm³/mol. The molecule has 1 aliphatic carbocycles. The molecular weight excluding hydrogens is 232 g/mol. The van der Waals surface area contributed by atoms with Gasteiger partial charge in [0.05, 0.1) is 25.4 Å².